The number of fused-ring (bicyclic) bond motifs is 1. The van der Waals surface area contributed by atoms with Gasteiger partial charge in [-0.05, 0) is 18.2 Å². The van der Waals surface area contributed by atoms with Crippen molar-refractivity contribution in [3.05, 3.63) is 53.6 Å². The molecule has 3 aromatic rings. The first-order chi connectivity index (χ1) is 11.3. The predicted octanol–water partition coefficient (Wildman–Crippen LogP) is 3.95. The van der Waals surface area contributed by atoms with Crippen molar-refractivity contribution in [3.63, 3.8) is 0 Å². The predicted molar refractivity (Wildman–Crippen MR) is 84.5 cm³/mol. The number of alkyl halides is 3. The van der Waals surface area contributed by atoms with Crippen molar-refractivity contribution in [1.29, 1.82) is 0 Å². The molecule has 1 N–H and O–H groups in total. The number of hydrogen-bond acceptors (Lipinski definition) is 2. The first-order valence-electron chi connectivity index (χ1n) is 7.15. The van der Waals surface area contributed by atoms with E-state index in [-0.39, 0.29) is 5.91 Å². The lowest BCUT2D eigenvalue weighted by Gasteiger charge is -2.10. The fraction of sp³-hybridized carbons (Fsp3) is 0.176. The van der Waals surface area contributed by atoms with Gasteiger partial charge < -0.3 is 4.90 Å². The topological polar surface area (TPSA) is 49.0 Å². The maximum absolute atomic E-state index is 12.7. The number of carbonyl (C=O) groups excluding carboxylic acids is 1. The fourth-order valence-corrected chi connectivity index (χ4v) is 2.50. The number of benzene rings is 2. The van der Waals surface area contributed by atoms with Crippen molar-refractivity contribution in [2.24, 2.45) is 0 Å². The number of hydrogen-bond donors (Lipinski definition) is 1. The minimum absolute atomic E-state index is 0.178. The number of halogens is 3. The van der Waals surface area contributed by atoms with Gasteiger partial charge >= 0.3 is 6.18 Å². The van der Waals surface area contributed by atoms with Gasteiger partial charge in [-0.25, -0.2) is 0 Å². The third kappa shape index (κ3) is 2.73. The van der Waals surface area contributed by atoms with E-state index in [0.29, 0.717) is 27.7 Å². The molecule has 1 aromatic heterocycles. The number of H-pyrrole nitrogens is 1. The Labute approximate surface area is 135 Å². The van der Waals surface area contributed by atoms with Gasteiger partial charge in [0.1, 0.15) is 0 Å². The average Bonchev–Trinajstić information content (AvgIpc) is 2.97. The number of rotatable bonds is 2. The molecule has 1 heterocycles. The lowest BCUT2D eigenvalue weighted by Crippen LogP contribution is -2.21. The summed E-state index contributed by atoms with van der Waals surface area (Å²) in [6.45, 7) is 0. The summed E-state index contributed by atoms with van der Waals surface area (Å²) in [5.41, 5.74) is 1.36. The van der Waals surface area contributed by atoms with Gasteiger partial charge in [0.15, 0.2) is 0 Å². The zero-order valence-corrected chi connectivity index (χ0v) is 13.0. The third-order valence-electron chi connectivity index (χ3n) is 3.72. The van der Waals surface area contributed by atoms with Crippen LogP contribution in [0.2, 0.25) is 0 Å². The quantitative estimate of drug-likeness (QED) is 0.772. The van der Waals surface area contributed by atoms with Crippen LogP contribution in [0.5, 0.6) is 0 Å². The zero-order chi connectivity index (χ0) is 17.5. The van der Waals surface area contributed by atoms with Crippen LogP contribution in [0.15, 0.2) is 42.5 Å². The SMILES string of the molecule is CN(C)C(=O)c1cccc2c(-c3ccc(C(F)(F)F)cc3)n[nH]c12. The van der Waals surface area contributed by atoms with Crippen molar-refractivity contribution in [1.82, 2.24) is 15.1 Å². The highest BCUT2D eigenvalue weighted by Gasteiger charge is 2.30. The van der Waals surface area contributed by atoms with Crippen molar-refractivity contribution in [2.45, 2.75) is 6.18 Å². The smallest absolute Gasteiger partial charge is 0.345 e. The molecule has 0 unspecified atom stereocenters. The summed E-state index contributed by atoms with van der Waals surface area (Å²) in [7, 11) is 3.29. The van der Waals surface area contributed by atoms with Gasteiger partial charge in [0, 0.05) is 25.0 Å². The van der Waals surface area contributed by atoms with E-state index in [4.69, 9.17) is 0 Å². The van der Waals surface area contributed by atoms with Gasteiger partial charge in [-0.2, -0.15) is 18.3 Å². The molecule has 0 aliphatic heterocycles. The Morgan fingerprint density at radius 2 is 1.75 bits per heavy atom. The molecule has 3 rings (SSSR count). The van der Waals surface area contributed by atoms with Crippen LogP contribution in [0.1, 0.15) is 15.9 Å². The van der Waals surface area contributed by atoms with Gasteiger partial charge in [-0.15, -0.1) is 0 Å². The number of nitrogens with zero attached hydrogens (tertiary/aromatic N) is 2. The van der Waals surface area contributed by atoms with Crippen molar-refractivity contribution >= 4 is 16.8 Å². The summed E-state index contributed by atoms with van der Waals surface area (Å²) < 4.78 is 38.0. The van der Waals surface area contributed by atoms with E-state index in [1.54, 1.807) is 32.3 Å². The molecule has 0 bridgehead atoms. The molecule has 0 spiro atoms. The number of amides is 1. The molecule has 0 aliphatic rings. The maximum atomic E-state index is 12.7. The highest BCUT2D eigenvalue weighted by atomic mass is 19.4. The van der Waals surface area contributed by atoms with Gasteiger partial charge in [0.25, 0.3) is 5.91 Å². The Morgan fingerprint density at radius 1 is 1.08 bits per heavy atom. The largest absolute Gasteiger partial charge is 0.416 e. The average molecular weight is 333 g/mol. The van der Waals surface area contributed by atoms with E-state index >= 15 is 0 Å². The minimum Gasteiger partial charge on any atom is -0.345 e. The van der Waals surface area contributed by atoms with Crippen LogP contribution in [0, 0.1) is 0 Å². The van der Waals surface area contributed by atoms with Crippen LogP contribution < -0.4 is 0 Å². The Bertz CT molecular complexity index is 896. The molecule has 0 aliphatic carbocycles. The highest BCUT2D eigenvalue weighted by molar-refractivity contribution is 6.08. The van der Waals surface area contributed by atoms with Crippen LogP contribution in [-0.4, -0.2) is 35.1 Å². The molecule has 0 saturated heterocycles. The molecule has 1 amide bonds. The monoisotopic (exact) mass is 333 g/mol. The van der Waals surface area contributed by atoms with E-state index in [0.717, 1.165) is 12.1 Å². The summed E-state index contributed by atoms with van der Waals surface area (Å²) in [4.78, 5) is 13.7. The van der Waals surface area contributed by atoms with Crippen LogP contribution in [0.3, 0.4) is 0 Å². The van der Waals surface area contributed by atoms with Crippen molar-refractivity contribution in [3.8, 4) is 11.3 Å². The maximum Gasteiger partial charge on any atom is 0.416 e. The molecule has 7 heteroatoms. The standard InChI is InChI=1S/C17H14F3N3O/c1-23(2)16(24)13-5-3-4-12-14(21-22-15(12)13)10-6-8-11(9-7-10)17(18,19)20/h3-9H,1-2H3,(H,21,22). The van der Waals surface area contributed by atoms with Crippen LogP contribution in [0.4, 0.5) is 13.2 Å². The minimum atomic E-state index is -4.38. The summed E-state index contributed by atoms with van der Waals surface area (Å²) in [6, 6.07) is 9.97. The van der Waals surface area contributed by atoms with Crippen molar-refractivity contribution in [2.75, 3.05) is 14.1 Å². The van der Waals surface area contributed by atoms with Crippen molar-refractivity contribution < 1.29 is 18.0 Å². The Morgan fingerprint density at radius 3 is 2.33 bits per heavy atom. The first kappa shape index (κ1) is 16.0. The number of para-hydroxylation sites is 1. The molecule has 24 heavy (non-hydrogen) atoms. The second-order valence-electron chi connectivity index (χ2n) is 5.58. The molecule has 0 saturated carbocycles. The van der Waals surface area contributed by atoms with Gasteiger partial charge in [0.2, 0.25) is 0 Å². The Kier molecular flexibility index (Phi) is 3.79. The molecular formula is C17H14F3N3O. The van der Waals surface area contributed by atoms with E-state index < -0.39 is 11.7 Å². The number of aromatic amines is 1. The summed E-state index contributed by atoms with van der Waals surface area (Å²) in [6.07, 6.45) is -4.38. The first-order valence-corrected chi connectivity index (χ1v) is 7.15. The Balaban J connectivity index is 2.09. The van der Waals surface area contributed by atoms with E-state index in [9.17, 15) is 18.0 Å². The molecular weight excluding hydrogens is 319 g/mol. The second kappa shape index (κ2) is 5.67. The summed E-state index contributed by atoms with van der Waals surface area (Å²) in [5.74, 6) is -0.178. The molecule has 124 valence electrons. The molecule has 0 atom stereocenters. The normalized spacial score (nSPS) is 11.7. The second-order valence-corrected chi connectivity index (χ2v) is 5.58. The number of carbonyl (C=O) groups is 1. The van der Waals surface area contributed by atoms with Gasteiger partial charge in [-0.3, -0.25) is 9.89 Å². The van der Waals surface area contributed by atoms with Crippen LogP contribution in [-0.2, 0) is 6.18 Å². The van der Waals surface area contributed by atoms with Crippen LogP contribution >= 0.6 is 0 Å². The van der Waals surface area contributed by atoms with Gasteiger partial charge in [-0.1, -0.05) is 24.3 Å². The lowest BCUT2D eigenvalue weighted by atomic mass is 10.0. The fourth-order valence-electron chi connectivity index (χ4n) is 2.50. The highest BCUT2D eigenvalue weighted by Crippen LogP contribution is 2.33. The number of nitrogens with one attached hydrogen (secondary N) is 1. The number of aromatic nitrogens is 2. The van der Waals surface area contributed by atoms with E-state index in [1.807, 2.05) is 0 Å². The third-order valence-corrected chi connectivity index (χ3v) is 3.72. The molecule has 4 nitrogen and oxygen atoms in total. The zero-order valence-electron chi connectivity index (χ0n) is 13.0. The van der Waals surface area contributed by atoms with E-state index in [2.05, 4.69) is 10.2 Å². The van der Waals surface area contributed by atoms with Gasteiger partial charge in [0.05, 0.1) is 22.3 Å². The van der Waals surface area contributed by atoms with Crippen LogP contribution in [0.25, 0.3) is 22.2 Å². The molecule has 0 fully saturated rings. The summed E-state index contributed by atoms with van der Waals surface area (Å²) in [5, 5.41) is 7.68. The Hall–Kier alpha value is -2.83. The van der Waals surface area contributed by atoms with E-state index in [1.165, 1.54) is 17.0 Å². The lowest BCUT2D eigenvalue weighted by molar-refractivity contribution is -0.137. The molecule has 2 aromatic carbocycles. The molecule has 0 radical (unpaired) electrons. The summed E-state index contributed by atoms with van der Waals surface area (Å²) >= 11 is 0.